The number of thiophene rings is 4. The van der Waals surface area contributed by atoms with Gasteiger partial charge in [-0.25, -0.2) is 0 Å². The van der Waals surface area contributed by atoms with Gasteiger partial charge in [0, 0.05) is 44.1 Å². The number of fused-ring (bicyclic) bond motifs is 6. The van der Waals surface area contributed by atoms with E-state index in [9.17, 15) is 0 Å². The molecule has 118 heavy (non-hydrogen) atoms. The van der Waals surface area contributed by atoms with E-state index in [0.29, 0.717) is 0 Å². The second kappa shape index (κ2) is 33.2. The van der Waals surface area contributed by atoms with Crippen LogP contribution >= 0.6 is 60.3 Å². The van der Waals surface area contributed by atoms with E-state index in [1.54, 1.807) is 45.3 Å². The molecule has 18 rings (SSSR count). The Morgan fingerprint density at radius 3 is 0.636 bits per heavy atom. The van der Waals surface area contributed by atoms with Gasteiger partial charge in [-0.2, -0.15) is 21.9 Å². The Morgan fingerprint density at radius 2 is 0.415 bits per heavy atom. The molecule has 16 aromatic rings. The average molecular weight is 1630 g/mol. The van der Waals surface area contributed by atoms with Crippen LogP contribution in [-0.4, -0.2) is 12.7 Å². The first-order valence-corrected chi connectivity index (χ1v) is 46.9. The lowest BCUT2D eigenvalue weighted by Gasteiger charge is -2.48. The van der Waals surface area contributed by atoms with Gasteiger partial charge in [-0.15, -0.1) is 56.3 Å². The highest BCUT2D eigenvalue weighted by Crippen LogP contribution is 2.65. The van der Waals surface area contributed by atoms with Gasteiger partial charge in [0.15, 0.2) is 15.0 Å². The first-order valence-electron chi connectivity index (χ1n) is 40.3. The largest absolute Gasteiger partial charge is 0.413 e. The minimum absolute atomic E-state index is 0.993. The summed E-state index contributed by atoms with van der Waals surface area (Å²) in [5.74, 6) is 28.5. The summed E-state index contributed by atoms with van der Waals surface area (Å²) >= 11 is 7.16. The first-order chi connectivity index (χ1) is 57.3. The molecule has 572 valence electrons. The van der Waals surface area contributed by atoms with Gasteiger partial charge in [-0.1, -0.05) is 320 Å². The Labute approximate surface area is 714 Å². The highest BCUT2D eigenvalue weighted by atomic mass is 32.1. The standard InChI is InChI=1S/2C54H44BOPS2/c2*1-37-31-39(3)51(40(4)32-37)55(52-41(5)33-38(2)34-42(52)6)49-35-47(29-27-43-19-11-7-12-20-43)58-53(49)54-50(36-48(59-54)30-28-44-21-13-8-14-22-44)57(56-55,45-23-15-9-16-24-45)46-25-17-10-18-26-46/h2*7-26,31-36H,1-6H3. The van der Waals surface area contributed by atoms with Crippen molar-refractivity contribution in [1.82, 2.24) is 0 Å². The maximum absolute atomic E-state index is 8.83. The topological polar surface area (TPSA) is 18.5 Å². The molecule has 10 heteroatoms. The van der Waals surface area contributed by atoms with Gasteiger partial charge in [0.2, 0.25) is 12.7 Å². The van der Waals surface area contributed by atoms with Crippen LogP contribution in [0.15, 0.2) is 315 Å². The monoisotopic (exact) mass is 1630 g/mol. The smallest absolute Gasteiger partial charge is 0.249 e. The zero-order valence-electron chi connectivity index (χ0n) is 68.5. The summed E-state index contributed by atoms with van der Waals surface area (Å²) in [5, 5.41) is 7.14. The number of benzene rings is 12. The van der Waals surface area contributed by atoms with Gasteiger partial charge in [0.1, 0.15) is 31.8 Å². The van der Waals surface area contributed by atoms with Gasteiger partial charge >= 0.3 is 0 Å². The molecule has 0 saturated carbocycles. The Kier molecular flexibility index (Phi) is 22.2. The van der Waals surface area contributed by atoms with Crippen LogP contribution in [0.5, 0.6) is 0 Å². The Hall–Kier alpha value is -11.4. The third kappa shape index (κ3) is 14.7. The van der Waals surface area contributed by atoms with Crippen molar-refractivity contribution in [3.05, 3.63) is 424 Å². The van der Waals surface area contributed by atoms with E-state index in [0.717, 1.165) is 41.8 Å². The molecule has 2 nitrogen and oxygen atoms in total. The van der Waals surface area contributed by atoms with Crippen LogP contribution in [0.25, 0.3) is 19.5 Å². The maximum atomic E-state index is 8.83. The molecule has 0 bridgehead atoms. The lowest BCUT2D eigenvalue weighted by molar-refractivity contribution is 0.646. The van der Waals surface area contributed by atoms with E-state index in [-0.39, 0.29) is 0 Å². The Morgan fingerprint density at radius 1 is 0.220 bits per heavy atom. The molecule has 6 heterocycles. The molecule has 12 aromatic carbocycles. The quantitative estimate of drug-likeness (QED) is 0.0858. The van der Waals surface area contributed by atoms with Crippen LogP contribution in [0.4, 0.5) is 0 Å². The molecular weight excluding hydrogens is 1540 g/mol. The minimum Gasteiger partial charge on any atom is -0.413 e. The van der Waals surface area contributed by atoms with Crippen LogP contribution in [0.2, 0.25) is 0 Å². The zero-order chi connectivity index (χ0) is 81.5. The number of aryl methyl sites for hydroxylation is 12. The van der Waals surface area contributed by atoms with Crippen molar-refractivity contribution in [2.75, 3.05) is 0 Å². The van der Waals surface area contributed by atoms with Crippen molar-refractivity contribution >= 4 is 138 Å². The molecule has 0 aliphatic carbocycles. The molecule has 0 fully saturated rings. The van der Waals surface area contributed by atoms with Crippen LogP contribution in [0.3, 0.4) is 0 Å². The fraction of sp³-hybridized carbons (Fsp3) is 0.111. The van der Waals surface area contributed by atoms with Gasteiger partial charge in [-0.05, 0) is 180 Å². The summed E-state index contributed by atoms with van der Waals surface area (Å²) in [6.07, 6.45) is -4.29. The van der Waals surface area contributed by atoms with Gasteiger partial charge in [0.25, 0.3) is 0 Å². The number of hydrogen-bond acceptors (Lipinski definition) is 6. The zero-order valence-corrected chi connectivity index (χ0v) is 73.6. The molecule has 0 N–H and O–H groups in total. The molecule has 4 aromatic heterocycles. The summed E-state index contributed by atoms with van der Waals surface area (Å²) < 4.78 is 17.7. The van der Waals surface area contributed by atoms with Crippen molar-refractivity contribution in [1.29, 1.82) is 0 Å². The molecule has 0 unspecified atom stereocenters. The molecule has 0 radical (unpaired) electrons. The summed E-state index contributed by atoms with van der Waals surface area (Å²) in [4.78, 5) is 8.90. The van der Waals surface area contributed by atoms with Crippen molar-refractivity contribution in [2.45, 2.75) is 83.1 Å². The van der Waals surface area contributed by atoms with Gasteiger partial charge in [0.05, 0.1) is 29.3 Å². The normalized spacial score (nSPS) is 13.5. The van der Waals surface area contributed by atoms with E-state index in [4.69, 9.17) is 8.88 Å². The average Bonchev–Trinajstić information content (AvgIpc) is 1.51. The van der Waals surface area contributed by atoms with Crippen LogP contribution in [-0.2, 0) is 8.88 Å². The first kappa shape index (κ1) is 79.1. The summed E-state index contributed by atoms with van der Waals surface area (Å²) in [6, 6.07) is 114. The lowest BCUT2D eigenvalue weighted by Crippen LogP contribution is -2.72. The summed E-state index contributed by atoms with van der Waals surface area (Å²) in [6.45, 7) is 27.1. The van der Waals surface area contributed by atoms with E-state index >= 15 is 0 Å². The second-order valence-electron chi connectivity index (χ2n) is 31.5. The van der Waals surface area contributed by atoms with Crippen molar-refractivity contribution in [3.63, 3.8) is 0 Å². The molecular formula is C108H88B2O2P2S4. The molecule has 2 aliphatic heterocycles. The van der Waals surface area contributed by atoms with Crippen LogP contribution in [0.1, 0.15) is 109 Å². The van der Waals surface area contributed by atoms with E-state index in [2.05, 4.69) is 373 Å². The van der Waals surface area contributed by atoms with Crippen molar-refractivity contribution < 1.29 is 8.88 Å². The maximum Gasteiger partial charge on any atom is 0.249 e. The van der Waals surface area contributed by atoms with Gasteiger partial charge < -0.3 is 8.88 Å². The summed E-state index contributed by atoms with van der Waals surface area (Å²) in [5.41, 5.74) is 26.2. The molecule has 0 atom stereocenters. The van der Waals surface area contributed by atoms with Crippen LogP contribution < -0.4 is 64.6 Å². The fourth-order valence-electron chi connectivity index (χ4n) is 19.0. The van der Waals surface area contributed by atoms with Crippen molar-refractivity contribution in [2.24, 2.45) is 0 Å². The molecule has 0 spiro atoms. The van der Waals surface area contributed by atoms with E-state index < -0.39 is 27.7 Å². The lowest BCUT2D eigenvalue weighted by atomic mass is 9.26. The minimum atomic E-state index is -2.95. The predicted molar refractivity (Wildman–Crippen MR) is 516 cm³/mol. The van der Waals surface area contributed by atoms with Crippen LogP contribution in [0, 0.1) is 130 Å². The molecule has 0 saturated heterocycles. The summed E-state index contributed by atoms with van der Waals surface area (Å²) in [7, 11) is -5.89. The highest BCUT2D eigenvalue weighted by molar-refractivity contribution is 7.94. The van der Waals surface area contributed by atoms with Gasteiger partial charge in [-0.3, -0.25) is 0 Å². The van der Waals surface area contributed by atoms with Crippen molar-refractivity contribution in [3.8, 4) is 66.9 Å². The molecule has 0 amide bonds. The second-order valence-corrected chi connectivity index (χ2v) is 41.6. The number of rotatable bonds is 8. The SMILES string of the molecule is Cc1cc(C)c([B-]2(c3c(C)cc(C)cc3C)O[P+](c3ccccc3)(c3ccccc3)c3cc(C#Cc4ccccc4)sc3-c3sc(C#Cc4ccccc4)cc32)c(C)c1.Cc1cc(C)c([B-]2(c3c(C)cc(C)cc3C)O[P+](c3ccccc3)(c3ccccc3)c3cc(C#Cc4ccccc4)sc3-c3sc(C#Cc4ccccc4)cc32)c(C)c1. The Balaban J connectivity index is 0.000000169. The number of hydrogen-bond donors (Lipinski definition) is 0. The highest BCUT2D eigenvalue weighted by Gasteiger charge is 2.60. The van der Waals surface area contributed by atoms with E-state index in [1.165, 1.54) is 151 Å². The predicted octanol–water partition coefficient (Wildman–Crippen LogP) is 20.7. The Bertz CT molecular complexity index is 6080. The third-order valence-electron chi connectivity index (χ3n) is 23.0. The van der Waals surface area contributed by atoms with E-state index in [1.807, 2.05) is 72.8 Å². The molecule has 2 aliphatic rings. The fourth-order valence-corrected chi connectivity index (χ4v) is 32.5. The third-order valence-corrected chi connectivity index (χ3v) is 35.3.